The molecule has 20 heavy (non-hydrogen) atoms. The Morgan fingerprint density at radius 2 is 1.90 bits per heavy atom. The molecular formula is C14H17N5O. The molecule has 0 bridgehead atoms. The number of carbonyl (C=O) groups excluding carboxylic acids is 1. The standard InChI is InChI=1S/C14H17N5O/c1-18-15-10-13(17-18)14(20)16-11-4-6-12(7-5-11)19-8-2-3-9-19/h4-7,10H,2-3,8-9H2,1H3,(H,16,20). The average Bonchev–Trinajstić information content (AvgIpc) is 3.10. The number of rotatable bonds is 3. The smallest absolute Gasteiger partial charge is 0.277 e. The van der Waals surface area contributed by atoms with Gasteiger partial charge in [-0.05, 0) is 37.1 Å². The molecule has 6 nitrogen and oxygen atoms in total. The first-order valence-corrected chi connectivity index (χ1v) is 6.75. The molecule has 1 aliphatic rings. The number of nitrogens with one attached hydrogen (secondary N) is 1. The Labute approximate surface area is 117 Å². The number of amides is 1. The predicted octanol–water partition coefficient (Wildman–Crippen LogP) is 1.67. The average molecular weight is 271 g/mol. The second kappa shape index (κ2) is 5.32. The maximum absolute atomic E-state index is 11.9. The Kier molecular flexibility index (Phi) is 3.37. The van der Waals surface area contributed by atoms with Crippen molar-refractivity contribution in [1.29, 1.82) is 0 Å². The number of anilines is 2. The molecule has 104 valence electrons. The fraction of sp³-hybridized carbons (Fsp3) is 0.357. The van der Waals surface area contributed by atoms with Crippen molar-refractivity contribution in [3.05, 3.63) is 36.2 Å². The summed E-state index contributed by atoms with van der Waals surface area (Å²) in [5, 5.41) is 10.7. The highest BCUT2D eigenvalue weighted by molar-refractivity contribution is 6.02. The van der Waals surface area contributed by atoms with E-state index < -0.39 is 0 Å². The van der Waals surface area contributed by atoms with E-state index >= 15 is 0 Å². The number of aromatic nitrogens is 3. The topological polar surface area (TPSA) is 63.1 Å². The number of carbonyl (C=O) groups is 1. The summed E-state index contributed by atoms with van der Waals surface area (Å²) < 4.78 is 0. The van der Waals surface area contributed by atoms with Crippen LogP contribution in [0.15, 0.2) is 30.5 Å². The van der Waals surface area contributed by atoms with Crippen LogP contribution in [0.2, 0.25) is 0 Å². The highest BCUT2D eigenvalue weighted by Gasteiger charge is 2.13. The molecule has 1 aliphatic heterocycles. The number of benzene rings is 1. The summed E-state index contributed by atoms with van der Waals surface area (Å²) in [6, 6.07) is 7.92. The second-order valence-corrected chi connectivity index (χ2v) is 4.91. The van der Waals surface area contributed by atoms with Crippen molar-refractivity contribution in [1.82, 2.24) is 15.0 Å². The van der Waals surface area contributed by atoms with Gasteiger partial charge in [-0.25, -0.2) is 0 Å². The van der Waals surface area contributed by atoms with E-state index in [2.05, 4.69) is 20.4 Å². The van der Waals surface area contributed by atoms with Crippen LogP contribution in [0.5, 0.6) is 0 Å². The van der Waals surface area contributed by atoms with Gasteiger partial charge in [-0.1, -0.05) is 0 Å². The van der Waals surface area contributed by atoms with Gasteiger partial charge in [0.05, 0.1) is 6.20 Å². The zero-order valence-electron chi connectivity index (χ0n) is 11.4. The molecule has 1 aromatic heterocycles. The van der Waals surface area contributed by atoms with Crippen LogP contribution in [-0.2, 0) is 7.05 Å². The van der Waals surface area contributed by atoms with Crippen LogP contribution >= 0.6 is 0 Å². The Bertz CT molecular complexity index is 598. The van der Waals surface area contributed by atoms with Gasteiger partial charge in [0.15, 0.2) is 5.69 Å². The fourth-order valence-corrected chi connectivity index (χ4v) is 2.38. The fourth-order valence-electron chi connectivity index (χ4n) is 2.38. The summed E-state index contributed by atoms with van der Waals surface area (Å²) in [4.78, 5) is 15.7. The second-order valence-electron chi connectivity index (χ2n) is 4.91. The molecule has 0 radical (unpaired) electrons. The minimum atomic E-state index is -0.243. The molecule has 1 amide bonds. The van der Waals surface area contributed by atoms with Crippen LogP contribution in [-0.4, -0.2) is 34.0 Å². The first-order valence-electron chi connectivity index (χ1n) is 6.75. The summed E-state index contributed by atoms with van der Waals surface area (Å²) in [6.45, 7) is 2.23. The lowest BCUT2D eigenvalue weighted by Crippen LogP contribution is -2.17. The van der Waals surface area contributed by atoms with E-state index in [1.54, 1.807) is 7.05 Å². The van der Waals surface area contributed by atoms with Crippen molar-refractivity contribution < 1.29 is 4.79 Å². The van der Waals surface area contributed by atoms with Crippen LogP contribution in [0.1, 0.15) is 23.3 Å². The summed E-state index contributed by atoms with van der Waals surface area (Å²) in [7, 11) is 1.68. The summed E-state index contributed by atoms with van der Waals surface area (Å²) >= 11 is 0. The minimum absolute atomic E-state index is 0.243. The quantitative estimate of drug-likeness (QED) is 0.922. The van der Waals surface area contributed by atoms with Crippen LogP contribution in [0.3, 0.4) is 0 Å². The normalized spacial score (nSPS) is 14.6. The SMILES string of the molecule is Cn1ncc(C(=O)Nc2ccc(N3CCCC3)cc2)n1. The maximum atomic E-state index is 11.9. The van der Waals surface area contributed by atoms with Crippen molar-refractivity contribution in [2.75, 3.05) is 23.3 Å². The van der Waals surface area contributed by atoms with Crippen LogP contribution in [0.4, 0.5) is 11.4 Å². The third-order valence-electron chi connectivity index (χ3n) is 3.43. The van der Waals surface area contributed by atoms with Crippen LogP contribution in [0.25, 0.3) is 0 Å². The van der Waals surface area contributed by atoms with Gasteiger partial charge < -0.3 is 10.2 Å². The lowest BCUT2D eigenvalue weighted by atomic mass is 10.2. The molecule has 1 aromatic carbocycles. The molecule has 1 N–H and O–H groups in total. The molecule has 3 rings (SSSR count). The van der Waals surface area contributed by atoms with Gasteiger partial charge >= 0.3 is 0 Å². The zero-order chi connectivity index (χ0) is 13.9. The molecule has 0 atom stereocenters. The maximum Gasteiger partial charge on any atom is 0.277 e. The molecule has 0 unspecified atom stereocenters. The van der Waals surface area contributed by atoms with Crippen LogP contribution in [0, 0.1) is 0 Å². The largest absolute Gasteiger partial charge is 0.372 e. The van der Waals surface area contributed by atoms with Gasteiger partial charge in [-0.15, -0.1) is 5.10 Å². The lowest BCUT2D eigenvalue weighted by Gasteiger charge is -2.17. The molecule has 0 aliphatic carbocycles. The first-order chi connectivity index (χ1) is 9.72. The highest BCUT2D eigenvalue weighted by atomic mass is 16.2. The van der Waals surface area contributed by atoms with E-state index in [0.29, 0.717) is 5.69 Å². The molecule has 0 spiro atoms. The Morgan fingerprint density at radius 3 is 2.50 bits per heavy atom. The van der Waals surface area contributed by atoms with Crippen molar-refractivity contribution in [3.8, 4) is 0 Å². The Morgan fingerprint density at radius 1 is 1.20 bits per heavy atom. The third-order valence-corrected chi connectivity index (χ3v) is 3.43. The molecule has 2 aromatic rings. The number of aryl methyl sites for hydroxylation is 1. The number of hydrogen-bond donors (Lipinski definition) is 1. The van der Waals surface area contributed by atoms with Crippen molar-refractivity contribution in [2.45, 2.75) is 12.8 Å². The zero-order valence-corrected chi connectivity index (χ0v) is 11.4. The van der Waals surface area contributed by atoms with Gasteiger partial charge in [0.1, 0.15) is 0 Å². The monoisotopic (exact) mass is 271 g/mol. The first kappa shape index (κ1) is 12.7. The van der Waals surface area contributed by atoms with E-state index in [0.717, 1.165) is 18.8 Å². The van der Waals surface area contributed by atoms with Gasteiger partial charge in [-0.3, -0.25) is 4.79 Å². The van der Waals surface area contributed by atoms with E-state index in [4.69, 9.17) is 0 Å². The number of nitrogens with zero attached hydrogens (tertiary/aromatic N) is 4. The minimum Gasteiger partial charge on any atom is -0.372 e. The van der Waals surface area contributed by atoms with Gasteiger partial charge in [0.25, 0.3) is 5.91 Å². The van der Waals surface area contributed by atoms with Gasteiger partial charge in [-0.2, -0.15) is 9.90 Å². The Hall–Kier alpha value is -2.37. The molecule has 1 fully saturated rings. The van der Waals surface area contributed by atoms with Crippen molar-refractivity contribution >= 4 is 17.3 Å². The lowest BCUT2D eigenvalue weighted by molar-refractivity contribution is 0.102. The third kappa shape index (κ3) is 2.64. The van der Waals surface area contributed by atoms with E-state index in [-0.39, 0.29) is 5.91 Å². The molecule has 1 saturated heterocycles. The summed E-state index contributed by atoms with van der Waals surface area (Å²) in [6.07, 6.45) is 3.96. The predicted molar refractivity (Wildman–Crippen MR) is 76.8 cm³/mol. The molecule has 2 heterocycles. The van der Waals surface area contributed by atoms with Gasteiger partial charge in [0, 0.05) is 31.5 Å². The van der Waals surface area contributed by atoms with E-state index in [1.807, 2.05) is 24.3 Å². The number of hydrogen-bond acceptors (Lipinski definition) is 4. The van der Waals surface area contributed by atoms with Crippen LogP contribution < -0.4 is 10.2 Å². The van der Waals surface area contributed by atoms with E-state index in [1.165, 1.54) is 29.5 Å². The van der Waals surface area contributed by atoms with E-state index in [9.17, 15) is 4.79 Å². The molecular weight excluding hydrogens is 254 g/mol. The molecule has 0 saturated carbocycles. The summed E-state index contributed by atoms with van der Waals surface area (Å²) in [5.74, 6) is -0.243. The molecule has 6 heteroatoms. The highest BCUT2D eigenvalue weighted by Crippen LogP contribution is 2.22. The van der Waals surface area contributed by atoms with Crippen molar-refractivity contribution in [3.63, 3.8) is 0 Å². The Balaban J connectivity index is 1.67. The summed E-state index contributed by atoms with van der Waals surface area (Å²) in [5.41, 5.74) is 2.29. The van der Waals surface area contributed by atoms with Crippen molar-refractivity contribution in [2.24, 2.45) is 7.05 Å². The van der Waals surface area contributed by atoms with Gasteiger partial charge in [0.2, 0.25) is 0 Å².